The largest absolute Gasteiger partial charge is 0.507 e. The summed E-state index contributed by atoms with van der Waals surface area (Å²) in [4.78, 5) is 0. The molecule has 280 valence electrons. The van der Waals surface area contributed by atoms with Crippen LogP contribution in [-0.2, 0) is 52.1 Å². The lowest BCUT2D eigenvalue weighted by Crippen LogP contribution is -2.57. The van der Waals surface area contributed by atoms with Gasteiger partial charge in [-0.15, -0.1) is 0 Å². The van der Waals surface area contributed by atoms with Crippen molar-refractivity contribution in [1.82, 2.24) is 0 Å². The molecule has 1 spiro atoms. The van der Waals surface area contributed by atoms with Crippen LogP contribution in [-0.4, -0.2) is 62.4 Å². The van der Waals surface area contributed by atoms with E-state index in [2.05, 4.69) is 65.6 Å². The van der Waals surface area contributed by atoms with Crippen molar-refractivity contribution in [3.05, 3.63) is 57.6 Å². The highest BCUT2D eigenvalue weighted by molar-refractivity contribution is 5.48. The summed E-state index contributed by atoms with van der Waals surface area (Å²) < 4.78 is 36.4. The van der Waals surface area contributed by atoms with Crippen molar-refractivity contribution in [2.75, 3.05) is 39.6 Å². The Labute approximate surface area is 306 Å². The molecule has 0 bridgehead atoms. The number of rotatable bonds is 8. The second-order valence-corrected chi connectivity index (χ2v) is 18.0. The van der Waals surface area contributed by atoms with Crippen LogP contribution < -0.4 is 0 Å². The van der Waals surface area contributed by atoms with Crippen molar-refractivity contribution in [2.45, 2.75) is 119 Å². The molecule has 0 radical (unpaired) electrons. The van der Waals surface area contributed by atoms with Crippen LogP contribution in [0.2, 0.25) is 0 Å². The van der Waals surface area contributed by atoms with Gasteiger partial charge in [0.2, 0.25) is 0 Å². The number of aromatic hydroxyl groups is 2. The Morgan fingerprint density at radius 1 is 0.608 bits per heavy atom. The Hall–Kier alpha value is -3.40. The molecule has 0 amide bonds. The number of aryl methyl sites for hydroxylation is 2. The molecule has 0 aromatic heterocycles. The standard InChI is InChI=1S/C43H60O8/c1-29-19-31(21-33(35(29)44)39(3,4)5)15-13-17-46-23-41(9,10)37-48-25-43(26-49-37)27-50-38(51-28-43)42(11,12)24-47-18-14-16-32-20-30(2)36(45)34(22-32)40(6,7)8/h19-22,37-38,44-45H,15-16,23-28H2,1-12H3. The molecule has 2 N–H and O–H groups in total. The normalized spacial score (nSPS) is 21.3. The maximum Gasteiger partial charge on any atom is 0.165 e. The average molecular weight is 705 g/mol. The van der Waals surface area contributed by atoms with Crippen LogP contribution >= 0.6 is 0 Å². The van der Waals surface area contributed by atoms with E-state index in [1.54, 1.807) is 0 Å². The fraction of sp³-hybridized carbons (Fsp3) is 0.628. The number of hydrogen-bond donors (Lipinski definition) is 2. The Bertz CT molecular complexity index is 1510. The third-order valence-electron chi connectivity index (χ3n) is 9.54. The zero-order valence-corrected chi connectivity index (χ0v) is 33.0. The van der Waals surface area contributed by atoms with Gasteiger partial charge in [-0.1, -0.05) is 105 Å². The van der Waals surface area contributed by atoms with E-state index in [-0.39, 0.29) is 16.2 Å². The summed E-state index contributed by atoms with van der Waals surface area (Å²) in [5, 5.41) is 21.0. The van der Waals surface area contributed by atoms with Gasteiger partial charge >= 0.3 is 0 Å². The summed E-state index contributed by atoms with van der Waals surface area (Å²) in [6, 6.07) is 7.99. The molecule has 51 heavy (non-hydrogen) atoms. The molecule has 8 nitrogen and oxygen atoms in total. The molecule has 2 aromatic carbocycles. The van der Waals surface area contributed by atoms with Gasteiger partial charge in [0, 0.05) is 12.8 Å². The first-order valence-corrected chi connectivity index (χ1v) is 18.0. The lowest BCUT2D eigenvalue weighted by Gasteiger charge is -2.48. The molecular weight excluding hydrogens is 644 g/mol. The quantitative estimate of drug-likeness (QED) is 0.269. The molecule has 0 saturated carbocycles. The number of hydrogen-bond acceptors (Lipinski definition) is 8. The van der Waals surface area contributed by atoms with Crippen molar-refractivity contribution in [1.29, 1.82) is 0 Å². The Morgan fingerprint density at radius 2 is 0.941 bits per heavy atom. The van der Waals surface area contributed by atoms with Crippen LogP contribution in [0.5, 0.6) is 11.5 Å². The monoisotopic (exact) mass is 704 g/mol. The van der Waals surface area contributed by atoms with Gasteiger partial charge in [-0.25, -0.2) is 0 Å². The van der Waals surface area contributed by atoms with E-state index >= 15 is 0 Å². The SMILES string of the molecule is Cc1cc(CC#COCC(C)(C)C2OCC3(CO2)COC(C(C)(C)COC#CCc2cc(C)c(O)c(C(C)(C)C)c2)OC3)cc(C(C)(C)C)c1O. The van der Waals surface area contributed by atoms with Crippen molar-refractivity contribution in [3.63, 3.8) is 0 Å². The van der Waals surface area contributed by atoms with Crippen LogP contribution in [0, 0.1) is 54.1 Å². The first-order valence-electron chi connectivity index (χ1n) is 18.0. The van der Waals surface area contributed by atoms with Crippen molar-refractivity contribution < 1.29 is 38.6 Å². The third-order valence-corrected chi connectivity index (χ3v) is 9.54. The first kappa shape index (κ1) is 40.4. The van der Waals surface area contributed by atoms with E-state index in [0.29, 0.717) is 64.0 Å². The fourth-order valence-electron chi connectivity index (χ4n) is 6.27. The lowest BCUT2D eigenvalue weighted by atomic mass is 9.84. The summed E-state index contributed by atoms with van der Waals surface area (Å²) in [6.45, 7) is 27.0. The van der Waals surface area contributed by atoms with E-state index < -0.39 is 23.4 Å². The van der Waals surface area contributed by atoms with Crippen LogP contribution in [0.3, 0.4) is 0 Å². The Morgan fingerprint density at radius 3 is 1.25 bits per heavy atom. The predicted octanol–water partition coefficient (Wildman–Crippen LogP) is 7.83. The number of phenols is 2. The topological polar surface area (TPSA) is 95.8 Å². The minimum absolute atomic E-state index is 0.162. The molecule has 4 rings (SSSR count). The second-order valence-electron chi connectivity index (χ2n) is 18.0. The van der Waals surface area contributed by atoms with E-state index in [0.717, 1.165) is 33.4 Å². The van der Waals surface area contributed by atoms with Crippen molar-refractivity contribution in [2.24, 2.45) is 16.2 Å². The predicted molar refractivity (Wildman–Crippen MR) is 199 cm³/mol. The molecule has 2 fully saturated rings. The van der Waals surface area contributed by atoms with E-state index in [1.165, 1.54) is 0 Å². The second kappa shape index (κ2) is 15.7. The van der Waals surface area contributed by atoms with Crippen LogP contribution in [0.15, 0.2) is 24.3 Å². The highest BCUT2D eigenvalue weighted by Gasteiger charge is 2.48. The highest BCUT2D eigenvalue weighted by atomic mass is 16.7. The Kier molecular flexibility index (Phi) is 12.4. The maximum atomic E-state index is 10.5. The molecule has 2 heterocycles. The zero-order valence-electron chi connectivity index (χ0n) is 33.0. The molecule has 2 saturated heterocycles. The van der Waals surface area contributed by atoms with Crippen molar-refractivity contribution in [3.8, 4) is 35.6 Å². The fourth-order valence-corrected chi connectivity index (χ4v) is 6.27. The highest BCUT2D eigenvalue weighted by Crippen LogP contribution is 2.39. The number of benzene rings is 2. The summed E-state index contributed by atoms with van der Waals surface area (Å²) in [5.41, 5.74) is 4.06. The van der Waals surface area contributed by atoms with Crippen LogP contribution in [0.25, 0.3) is 0 Å². The lowest BCUT2D eigenvalue weighted by molar-refractivity contribution is -0.336. The molecule has 0 aliphatic carbocycles. The van der Waals surface area contributed by atoms with Crippen LogP contribution in [0.4, 0.5) is 0 Å². The van der Waals surface area contributed by atoms with Gasteiger partial charge in [-0.3, -0.25) is 0 Å². The van der Waals surface area contributed by atoms with E-state index in [4.69, 9.17) is 28.4 Å². The summed E-state index contributed by atoms with van der Waals surface area (Å²) in [6.07, 6.45) is 5.84. The summed E-state index contributed by atoms with van der Waals surface area (Å²) >= 11 is 0. The van der Waals surface area contributed by atoms with Crippen molar-refractivity contribution >= 4 is 0 Å². The molecule has 0 atom stereocenters. The van der Waals surface area contributed by atoms with Gasteiger partial charge in [0.1, 0.15) is 36.9 Å². The maximum absolute atomic E-state index is 10.5. The molecule has 2 aliphatic rings. The van der Waals surface area contributed by atoms with Gasteiger partial charge in [0.05, 0.1) is 42.7 Å². The first-order chi connectivity index (χ1) is 23.6. The number of ether oxygens (including phenoxy) is 6. The molecule has 2 aromatic rings. The van der Waals surface area contributed by atoms with E-state index in [9.17, 15) is 10.2 Å². The average Bonchev–Trinajstić information content (AvgIpc) is 3.03. The molecule has 8 heteroatoms. The van der Waals surface area contributed by atoms with Gasteiger partial charge < -0.3 is 38.6 Å². The molecule has 2 aliphatic heterocycles. The number of phenolic OH excluding ortho intramolecular Hbond substituents is 2. The van der Waals surface area contributed by atoms with Gasteiger partial charge in [0.25, 0.3) is 0 Å². The van der Waals surface area contributed by atoms with Gasteiger partial charge in [-0.2, -0.15) is 0 Å². The smallest absolute Gasteiger partial charge is 0.165 e. The van der Waals surface area contributed by atoms with Gasteiger partial charge in [0.15, 0.2) is 12.6 Å². The van der Waals surface area contributed by atoms with E-state index in [1.807, 2.05) is 65.8 Å². The zero-order chi connectivity index (χ0) is 37.8. The summed E-state index contributed by atoms with van der Waals surface area (Å²) in [5.74, 6) is 6.91. The minimum atomic E-state index is -0.453. The van der Waals surface area contributed by atoms with Crippen LogP contribution in [0.1, 0.15) is 103 Å². The van der Waals surface area contributed by atoms with Gasteiger partial charge in [-0.05, 0) is 58.1 Å². The molecule has 0 unspecified atom stereocenters. The molecular formula is C43H60O8. The summed E-state index contributed by atoms with van der Waals surface area (Å²) in [7, 11) is 0. The Balaban J connectivity index is 1.20. The minimum Gasteiger partial charge on any atom is -0.507 e. The third kappa shape index (κ3) is 10.4.